The van der Waals surface area contributed by atoms with Crippen LogP contribution in [0.25, 0.3) is 0 Å². The van der Waals surface area contributed by atoms with E-state index < -0.39 is 97.5 Å². The van der Waals surface area contributed by atoms with Gasteiger partial charge in [0.05, 0.1) is 26.4 Å². The molecule has 0 bridgehead atoms. The molecule has 0 fully saturated rings. The van der Waals surface area contributed by atoms with Crippen molar-refractivity contribution < 1.29 is 80.2 Å². The number of unbranched alkanes of at least 4 members (excludes halogenated alkanes) is 31. The summed E-state index contributed by atoms with van der Waals surface area (Å²) < 4.78 is 68.0. The smallest absolute Gasteiger partial charge is 0.462 e. The molecule has 17 nitrogen and oxygen atoms in total. The molecule has 19 heteroatoms. The molecule has 0 aliphatic heterocycles. The van der Waals surface area contributed by atoms with Gasteiger partial charge in [0.2, 0.25) is 0 Å². The van der Waals surface area contributed by atoms with E-state index in [1.807, 2.05) is 0 Å². The van der Waals surface area contributed by atoms with Gasteiger partial charge in [-0.05, 0) is 43.4 Å². The fourth-order valence-electron chi connectivity index (χ4n) is 9.80. The van der Waals surface area contributed by atoms with Crippen molar-refractivity contribution in [1.82, 2.24) is 0 Å². The Hall–Kier alpha value is -1.94. The third kappa shape index (κ3) is 59.5. The largest absolute Gasteiger partial charge is 0.472 e. The summed E-state index contributed by atoms with van der Waals surface area (Å²) in [5.74, 6) is 0.0620. The molecule has 0 saturated heterocycles. The Morgan fingerprint density at radius 2 is 0.600 bits per heavy atom. The normalized spacial score (nSPS) is 14.6. The average molecular weight is 1260 g/mol. The van der Waals surface area contributed by atoms with Crippen molar-refractivity contribution in [1.29, 1.82) is 0 Å². The second kappa shape index (κ2) is 57.2. The van der Waals surface area contributed by atoms with Crippen LogP contribution in [-0.2, 0) is 65.4 Å². The molecule has 0 radical (unpaired) electrons. The van der Waals surface area contributed by atoms with Crippen molar-refractivity contribution >= 4 is 39.5 Å². The predicted octanol–water partition coefficient (Wildman–Crippen LogP) is 18.3. The maximum Gasteiger partial charge on any atom is 0.472 e. The van der Waals surface area contributed by atoms with Crippen LogP contribution < -0.4 is 0 Å². The third-order valence-corrected chi connectivity index (χ3v) is 17.4. The summed E-state index contributed by atoms with van der Waals surface area (Å²) in [5, 5.41) is 10.5. The quantitative estimate of drug-likeness (QED) is 0.0222. The first kappa shape index (κ1) is 83.1. The summed E-state index contributed by atoms with van der Waals surface area (Å²) in [5.41, 5.74) is 0. The maximum atomic E-state index is 13.0. The molecule has 0 aliphatic carbocycles. The van der Waals surface area contributed by atoms with Crippen LogP contribution in [0.2, 0.25) is 0 Å². The highest BCUT2D eigenvalue weighted by Crippen LogP contribution is 2.45. The van der Waals surface area contributed by atoms with Crippen molar-refractivity contribution in [2.75, 3.05) is 39.6 Å². The molecule has 0 rings (SSSR count). The van der Waals surface area contributed by atoms with E-state index in [0.29, 0.717) is 31.6 Å². The number of carbonyl (C=O) groups is 4. The molecule has 0 saturated carbocycles. The van der Waals surface area contributed by atoms with Crippen molar-refractivity contribution in [3.8, 4) is 0 Å². The lowest BCUT2D eigenvalue weighted by Gasteiger charge is -2.21. The molecule has 0 amide bonds. The van der Waals surface area contributed by atoms with E-state index in [9.17, 15) is 43.2 Å². The first-order chi connectivity index (χ1) is 40.8. The Morgan fingerprint density at radius 3 is 0.894 bits per heavy atom. The van der Waals surface area contributed by atoms with Crippen molar-refractivity contribution in [3.63, 3.8) is 0 Å². The number of esters is 4. The van der Waals surface area contributed by atoms with Crippen LogP contribution in [0.15, 0.2) is 0 Å². The maximum absolute atomic E-state index is 13.0. The first-order valence-corrected chi connectivity index (χ1v) is 37.4. The van der Waals surface area contributed by atoms with Crippen molar-refractivity contribution in [2.24, 2.45) is 17.8 Å². The zero-order valence-electron chi connectivity index (χ0n) is 55.1. The minimum Gasteiger partial charge on any atom is -0.462 e. The lowest BCUT2D eigenvalue weighted by atomic mass is 10.00. The zero-order chi connectivity index (χ0) is 63.1. The van der Waals surface area contributed by atoms with Gasteiger partial charge in [-0.15, -0.1) is 0 Å². The van der Waals surface area contributed by atoms with Gasteiger partial charge in [0.1, 0.15) is 19.3 Å². The number of phosphoric acid groups is 2. The summed E-state index contributed by atoms with van der Waals surface area (Å²) in [6, 6.07) is 0. The Morgan fingerprint density at radius 1 is 0.341 bits per heavy atom. The van der Waals surface area contributed by atoms with Gasteiger partial charge >= 0.3 is 39.5 Å². The van der Waals surface area contributed by atoms with Gasteiger partial charge in [-0.1, -0.05) is 273 Å². The molecule has 0 aromatic rings. The highest BCUT2D eigenvalue weighted by molar-refractivity contribution is 7.47. The number of aliphatic hydroxyl groups is 1. The molecule has 0 heterocycles. The number of hydrogen-bond donors (Lipinski definition) is 3. The summed E-state index contributed by atoms with van der Waals surface area (Å²) in [6.45, 7) is 11.7. The zero-order valence-corrected chi connectivity index (χ0v) is 56.9. The Labute approximate surface area is 517 Å². The standard InChI is InChI=1S/C66H128O17P2/c1-8-10-11-12-13-14-21-24-35-42-49-65(70)82-61(53-76-63(68)47-40-33-28-26-31-38-45-58(5)6)55-80-84(72,73)78-51-60(67)52-79-85(74,75)81-56-62(54-77-64(69)48-41-34-29-27-32-39-46-59(7)9-2)83-66(71)50-43-36-25-22-19-17-15-16-18-20-23-30-37-44-57(3)4/h57-62,67H,8-56H2,1-7H3,(H,72,73)(H,74,75)/t59?,60-,61+,62+/m0/s1. The van der Waals surface area contributed by atoms with E-state index in [2.05, 4.69) is 48.5 Å². The van der Waals surface area contributed by atoms with Crippen LogP contribution in [0.5, 0.6) is 0 Å². The van der Waals surface area contributed by atoms with Crippen LogP contribution in [0, 0.1) is 17.8 Å². The van der Waals surface area contributed by atoms with Crippen molar-refractivity contribution in [2.45, 2.75) is 343 Å². The second-order valence-corrected chi connectivity index (χ2v) is 28.0. The molecular formula is C66H128O17P2. The van der Waals surface area contributed by atoms with Gasteiger partial charge in [-0.2, -0.15) is 0 Å². The highest BCUT2D eigenvalue weighted by atomic mass is 31.2. The molecule has 504 valence electrons. The molecule has 6 atom stereocenters. The number of ether oxygens (including phenoxy) is 4. The number of hydrogen-bond acceptors (Lipinski definition) is 15. The Bertz CT molecular complexity index is 1680. The molecule has 0 aliphatic rings. The number of aliphatic hydroxyl groups excluding tert-OH is 1. The molecule has 0 spiro atoms. The topological polar surface area (TPSA) is 237 Å². The molecular weight excluding hydrogens is 1130 g/mol. The van der Waals surface area contributed by atoms with Crippen LogP contribution in [0.4, 0.5) is 0 Å². The van der Waals surface area contributed by atoms with Crippen LogP contribution in [0.3, 0.4) is 0 Å². The summed E-state index contributed by atoms with van der Waals surface area (Å²) in [4.78, 5) is 72.3. The minimum atomic E-state index is -4.95. The summed E-state index contributed by atoms with van der Waals surface area (Å²) in [6.07, 6.45) is 39.1. The first-order valence-electron chi connectivity index (χ1n) is 34.4. The molecule has 3 N–H and O–H groups in total. The van der Waals surface area contributed by atoms with Crippen LogP contribution in [0.1, 0.15) is 325 Å². The summed E-state index contributed by atoms with van der Waals surface area (Å²) in [7, 11) is -9.89. The Kier molecular flexibility index (Phi) is 55.9. The molecule has 0 aromatic heterocycles. The van der Waals surface area contributed by atoms with Gasteiger partial charge in [0, 0.05) is 25.7 Å². The monoisotopic (exact) mass is 1250 g/mol. The SMILES string of the molecule is CCCCCCCCCCCCC(=O)O[C@H](COC(=O)CCCCCCCCC(C)C)COP(=O)(O)OC[C@H](O)COP(=O)(O)OC[C@@H](COC(=O)CCCCCCCCC(C)CC)OC(=O)CCCCCCCCCCCCCCCC(C)C. The second-order valence-electron chi connectivity index (χ2n) is 25.1. The number of carbonyl (C=O) groups excluding carboxylic acids is 4. The third-order valence-electron chi connectivity index (χ3n) is 15.5. The Balaban J connectivity index is 5.22. The predicted molar refractivity (Wildman–Crippen MR) is 340 cm³/mol. The van der Waals surface area contributed by atoms with Crippen molar-refractivity contribution in [3.05, 3.63) is 0 Å². The number of phosphoric ester groups is 2. The molecule has 0 aromatic carbocycles. The fourth-order valence-corrected chi connectivity index (χ4v) is 11.4. The summed E-state index contributed by atoms with van der Waals surface area (Å²) >= 11 is 0. The van der Waals surface area contributed by atoms with Gasteiger partial charge in [-0.3, -0.25) is 37.3 Å². The minimum absolute atomic E-state index is 0.105. The van der Waals surface area contributed by atoms with E-state index in [0.717, 1.165) is 115 Å². The van der Waals surface area contributed by atoms with E-state index in [1.165, 1.54) is 122 Å². The van der Waals surface area contributed by atoms with E-state index in [-0.39, 0.29) is 25.7 Å². The highest BCUT2D eigenvalue weighted by Gasteiger charge is 2.30. The van der Waals surface area contributed by atoms with Crippen LogP contribution in [-0.4, -0.2) is 96.7 Å². The van der Waals surface area contributed by atoms with Gasteiger partial charge in [0.25, 0.3) is 0 Å². The van der Waals surface area contributed by atoms with E-state index in [1.54, 1.807) is 0 Å². The number of rotatable bonds is 64. The van der Waals surface area contributed by atoms with Crippen LogP contribution >= 0.6 is 15.6 Å². The lowest BCUT2D eigenvalue weighted by molar-refractivity contribution is -0.161. The van der Waals surface area contributed by atoms with Gasteiger partial charge < -0.3 is 33.8 Å². The molecule has 3 unspecified atom stereocenters. The molecule has 85 heavy (non-hydrogen) atoms. The fraction of sp³-hybridized carbons (Fsp3) is 0.939. The van der Waals surface area contributed by atoms with E-state index in [4.69, 9.17) is 37.0 Å². The average Bonchev–Trinajstić information content (AvgIpc) is 3.53. The van der Waals surface area contributed by atoms with E-state index >= 15 is 0 Å². The van der Waals surface area contributed by atoms with Gasteiger partial charge in [0.15, 0.2) is 12.2 Å². The lowest BCUT2D eigenvalue weighted by Crippen LogP contribution is -2.30. The van der Waals surface area contributed by atoms with Gasteiger partial charge in [-0.25, -0.2) is 9.13 Å².